The average Bonchev–Trinajstić information content (AvgIpc) is 2.89. The van der Waals surface area contributed by atoms with E-state index in [0.717, 1.165) is 11.4 Å². The summed E-state index contributed by atoms with van der Waals surface area (Å²) in [5.41, 5.74) is 0.191. The number of carboxylic acid groups (broad SMARTS) is 1. The van der Waals surface area contributed by atoms with E-state index in [0.29, 0.717) is 11.7 Å². The Hall–Kier alpha value is -1.07. The molecule has 1 unspecified atom stereocenters. The van der Waals surface area contributed by atoms with E-state index in [1.165, 1.54) is 43.6 Å². The van der Waals surface area contributed by atoms with Crippen LogP contribution in [-0.2, 0) is 0 Å². The number of aliphatic hydroxyl groups is 1. The van der Waals surface area contributed by atoms with Gasteiger partial charge in [-0.1, -0.05) is 25.7 Å². The van der Waals surface area contributed by atoms with Gasteiger partial charge in [0.2, 0.25) is 0 Å². The third-order valence-electron chi connectivity index (χ3n) is 3.49. The van der Waals surface area contributed by atoms with E-state index >= 15 is 0 Å². The molecule has 1 aliphatic rings. The molecular formula is C14H19NO3S. The molecule has 1 heterocycles. The first-order valence-corrected chi connectivity index (χ1v) is 7.64. The molecule has 2 N–H and O–H groups in total. The van der Waals surface area contributed by atoms with Crippen LogP contribution in [0.25, 0.3) is 0 Å². The number of rotatable bonds is 6. The number of pyridine rings is 1. The average molecular weight is 281 g/mol. The molecular weight excluding hydrogens is 262 g/mol. The lowest BCUT2D eigenvalue weighted by molar-refractivity contribution is 0.0696. The van der Waals surface area contributed by atoms with Gasteiger partial charge in [-0.2, -0.15) is 0 Å². The Kier molecular flexibility index (Phi) is 5.22. The maximum absolute atomic E-state index is 10.7. The second-order valence-electron chi connectivity index (χ2n) is 5.04. The van der Waals surface area contributed by atoms with Gasteiger partial charge in [0, 0.05) is 11.9 Å². The van der Waals surface area contributed by atoms with Gasteiger partial charge in [-0.05, 0) is 24.5 Å². The van der Waals surface area contributed by atoms with Crippen molar-refractivity contribution in [2.24, 2.45) is 5.92 Å². The van der Waals surface area contributed by atoms with Gasteiger partial charge in [0.1, 0.15) is 0 Å². The molecule has 1 saturated carbocycles. The standard InChI is InChI=1S/C14H19NO3S/c16-12(7-10-3-1-2-4-10)9-19-13-6-5-11(8-15-13)14(17)18/h5-6,8,10,12,16H,1-4,7,9H2,(H,17,18). The smallest absolute Gasteiger partial charge is 0.337 e. The van der Waals surface area contributed by atoms with Crippen LogP contribution >= 0.6 is 11.8 Å². The first-order valence-electron chi connectivity index (χ1n) is 6.65. The summed E-state index contributed by atoms with van der Waals surface area (Å²) in [7, 11) is 0. The molecule has 1 aromatic rings. The number of aliphatic hydroxyl groups excluding tert-OH is 1. The molecule has 0 radical (unpaired) electrons. The minimum Gasteiger partial charge on any atom is -0.478 e. The lowest BCUT2D eigenvalue weighted by Crippen LogP contribution is -2.14. The summed E-state index contributed by atoms with van der Waals surface area (Å²) in [4.78, 5) is 14.8. The van der Waals surface area contributed by atoms with Crippen molar-refractivity contribution in [3.05, 3.63) is 23.9 Å². The van der Waals surface area contributed by atoms with Gasteiger partial charge in [0.25, 0.3) is 0 Å². The second-order valence-corrected chi connectivity index (χ2v) is 6.08. The van der Waals surface area contributed by atoms with Crippen LogP contribution in [0, 0.1) is 5.92 Å². The van der Waals surface area contributed by atoms with Crippen LogP contribution < -0.4 is 0 Å². The molecule has 0 spiro atoms. The van der Waals surface area contributed by atoms with Crippen molar-refractivity contribution >= 4 is 17.7 Å². The molecule has 5 heteroatoms. The Morgan fingerprint density at radius 1 is 1.42 bits per heavy atom. The summed E-state index contributed by atoms with van der Waals surface area (Å²) in [6.45, 7) is 0. The number of thioether (sulfide) groups is 1. The van der Waals surface area contributed by atoms with E-state index in [2.05, 4.69) is 4.98 Å². The number of carbonyl (C=O) groups is 1. The molecule has 4 nitrogen and oxygen atoms in total. The Morgan fingerprint density at radius 2 is 2.16 bits per heavy atom. The Bertz CT molecular complexity index is 415. The summed E-state index contributed by atoms with van der Waals surface area (Å²) >= 11 is 1.48. The van der Waals surface area contributed by atoms with Crippen LogP contribution in [0.1, 0.15) is 42.5 Å². The summed E-state index contributed by atoms with van der Waals surface area (Å²) in [5, 5.41) is 19.5. The highest BCUT2D eigenvalue weighted by Gasteiger charge is 2.19. The van der Waals surface area contributed by atoms with Gasteiger partial charge in [0.05, 0.1) is 16.7 Å². The van der Waals surface area contributed by atoms with E-state index in [4.69, 9.17) is 5.11 Å². The molecule has 1 atom stereocenters. The molecule has 0 aromatic carbocycles. The highest BCUT2D eigenvalue weighted by molar-refractivity contribution is 7.99. The van der Waals surface area contributed by atoms with E-state index < -0.39 is 5.97 Å². The zero-order valence-corrected chi connectivity index (χ0v) is 11.6. The molecule has 19 heavy (non-hydrogen) atoms. The number of hydrogen-bond acceptors (Lipinski definition) is 4. The van der Waals surface area contributed by atoms with Gasteiger partial charge >= 0.3 is 5.97 Å². The largest absolute Gasteiger partial charge is 0.478 e. The predicted molar refractivity (Wildman–Crippen MR) is 74.5 cm³/mol. The van der Waals surface area contributed by atoms with Gasteiger partial charge < -0.3 is 10.2 Å². The van der Waals surface area contributed by atoms with Crippen molar-refractivity contribution in [1.29, 1.82) is 0 Å². The highest BCUT2D eigenvalue weighted by Crippen LogP contribution is 2.29. The van der Waals surface area contributed by atoms with Crippen LogP contribution in [0.3, 0.4) is 0 Å². The first kappa shape index (κ1) is 14.3. The summed E-state index contributed by atoms with van der Waals surface area (Å²) in [6, 6.07) is 3.23. The minimum atomic E-state index is -0.967. The van der Waals surface area contributed by atoms with Crippen LogP contribution in [0.4, 0.5) is 0 Å². The van der Waals surface area contributed by atoms with Crippen LogP contribution in [0.2, 0.25) is 0 Å². The Balaban J connectivity index is 1.76. The maximum atomic E-state index is 10.7. The second kappa shape index (κ2) is 6.91. The maximum Gasteiger partial charge on any atom is 0.337 e. The number of hydrogen-bond donors (Lipinski definition) is 2. The molecule has 104 valence electrons. The van der Waals surface area contributed by atoms with Crippen molar-refractivity contribution in [2.45, 2.75) is 43.2 Å². The summed E-state index contributed by atoms with van der Waals surface area (Å²) < 4.78 is 0. The molecule has 1 aromatic heterocycles. The van der Waals surface area contributed by atoms with Crippen molar-refractivity contribution < 1.29 is 15.0 Å². The van der Waals surface area contributed by atoms with Crippen molar-refractivity contribution in [3.8, 4) is 0 Å². The predicted octanol–water partition coefficient (Wildman–Crippen LogP) is 2.81. The number of aromatic nitrogens is 1. The zero-order chi connectivity index (χ0) is 13.7. The number of nitrogens with zero attached hydrogens (tertiary/aromatic N) is 1. The van der Waals surface area contributed by atoms with Gasteiger partial charge in [-0.15, -0.1) is 11.8 Å². The molecule has 0 saturated heterocycles. The molecule has 0 aliphatic heterocycles. The molecule has 1 fully saturated rings. The molecule has 2 rings (SSSR count). The SMILES string of the molecule is O=C(O)c1ccc(SCC(O)CC2CCCC2)nc1. The fourth-order valence-electron chi connectivity index (χ4n) is 2.47. The third kappa shape index (κ3) is 4.51. The summed E-state index contributed by atoms with van der Waals surface area (Å²) in [5.74, 6) is 0.332. The van der Waals surface area contributed by atoms with Gasteiger partial charge in [0.15, 0.2) is 0 Å². The summed E-state index contributed by atoms with van der Waals surface area (Å²) in [6.07, 6.45) is 7.01. The number of aromatic carboxylic acids is 1. The number of carboxylic acids is 1. The topological polar surface area (TPSA) is 70.4 Å². The Labute approximate surface area is 117 Å². The lowest BCUT2D eigenvalue weighted by Gasteiger charge is -2.14. The van der Waals surface area contributed by atoms with Crippen molar-refractivity contribution in [2.75, 3.05) is 5.75 Å². The Morgan fingerprint density at radius 3 is 2.74 bits per heavy atom. The normalized spacial score (nSPS) is 17.5. The molecule has 1 aliphatic carbocycles. The molecule has 0 amide bonds. The fraction of sp³-hybridized carbons (Fsp3) is 0.571. The van der Waals surface area contributed by atoms with E-state index in [1.807, 2.05) is 0 Å². The van der Waals surface area contributed by atoms with E-state index in [1.54, 1.807) is 12.1 Å². The fourth-order valence-corrected chi connectivity index (χ4v) is 3.26. The van der Waals surface area contributed by atoms with Gasteiger partial charge in [-0.3, -0.25) is 0 Å². The van der Waals surface area contributed by atoms with Gasteiger partial charge in [-0.25, -0.2) is 9.78 Å². The first-order chi connectivity index (χ1) is 9.15. The monoisotopic (exact) mass is 281 g/mol. The van der Waals surface area contributed by atoms with E-state index in [9.17, 15) is 9.90 Å². The van der Waals surface area contributed by atoms with Crippen LogP contribution in [0.15, 0.2) is 23.4 Å². The van der Waals surface area contributed by atoms with Crippen LogP contribution in [-0.4, -0.2) is 33.0 Å². The van der Waals surface area contributed by atoms with Crippen LogP contribution in [0.5, 0.6) is 0 Å². The van der Waals surface area contributed by atoms with E-state index in [-0.39, 0.29) is 11.7 Å². The third-order valence-corrected chi connectivity index (χ3v) is 4.58. The van der Waals surface area contributed by atoms with Crippen molar-refractivity contribution in [3.63, 3.8) is 0 Å². The quantitative estimate of drug-likeness (QED) is 0.785. The zero-order valence-electron chi connectivity index (χ0n) is 10.8. The minimum absolute atomic E-state index is 0.191. The lowest BCUT2D eigenvalue weighted by atomic mass is 10.0. The van der Waals surface area contributed by atoms with Crippen molar-refractivity contribution in [1.82, 2.24) is 4.98 Å². The highest BCUT2D eigenvalue weighted by atomic mass is 32.2. The molecule has 0 bridgehead atoms.